The molecule has 0 aliphatic carbocycles. The number of nitrogens with one attached hydrogen (secondary N) is 2. The molecule has 1 unspecified atom stereocenters. The number of rotatable bonds is 4. The number of halogens is 2. The number of aryl methyl sites for hydroxylation is 1. The first-order chi connectivity index (χ1) is 12.2. The van der Waals surface area contributed by atoms with Crippen LogP contribution in [0.25, 0.3) is 0 Å². The molecule has 1 atom stereocenters. The maximum absolute atomic E-state index is 13.3. The van der Waals surface area contributed by atoms with Gasteiger partial charge in [-0.25, -0.2) is 4.39 Å². The fourth-order valence-electron chi connectivity index (χ4n) is 3.18. The summed E-state index contributed by atoms with van der Waals surface area (Å²) in [5.41, 5.74) is 2.89. The second-order valence-corrected chi connectivity index (χ2v) is 6.28. The van der Waals surface area contributed by atoms with Crippen LogP contribution in [0.4, 0.5) is 10.1 Å². The molecule has 0 radical (unpaired) electrons. The molecule has 0 saturated carbocycles. The molecule has 6 nitrogen and oxygen atoms in total. The summed E-state index contributed by atoms with van der Waals surface area (Å²) < 4.78 is 18.2. The monoisotopic (exact) mass is 473 g/mol. The maximum atomic E-state index is 13.3. The normalized spacial score (nSPS) is 17.6. The summed E-state index contributed by atoms with van der Waals surface area (Å²) in [5, 5.41) is 10.6. The summed E-state index contributed by atoms with van der Waals surface area (Å²) in [7, 11) is 1.75. The molecule has 1 aromatic heterocycles. The van der Waals surface area contributed by atoms with E-state index in [1.807, 2.05) is 19.1 Å². The van der Waals surface area contributed by atoms with Crippen LogP contribution >= 0.6 is 24.0 Å². The summed E-state index contributed by atoms with van der Waals surface area (Å²) in [6, 6.07) is 7.08. The Morgan fingerprint density at radius 2 is 2.27 bits per heavy atom. The minimum atomic E-state index is -0.189. The Morgan fingerprint density at radius 3 is 2.96 bits per heavy atom. The van der Waals surface area contributed by atoms with Crippen LogP contribution in [-0.4, -0.2) is 37.3 Å². The zero-order valence-corrected chi connectivity index (χ0v) is 17.4. The number of anilines is 1. The van der Waals surface area contributed by atoms with Gasteiger partial charge in [-0.2, -0.15) is 0 Å². The van der Waals surface area contributed by atoms with E-state index in [4.69, 9.17) is 4.52 Å². The van der Waals surface area contributed by atoms with Gasteiger partial charge in [-0.1, -0.05) is 5.16 Å². The van der Waals surface area contributed by atoms with E-state index in [2.05, 4.69) is 25.7 Å². The van der Waals surface area contributed by atoms with Crippen molar-refractivity contribution in [3.8, 4) is 0 Å². The van der Waals surface area contributed by atoms with Gasteiger partial charge in [0.15, 0.2) is 5.96 Å². The maximum Gasteiger partial charge on any atom is 0.191 e. The number of aliphatic imine (C=N–C) groups is 1. The van der Waals surface area contributed by atoms with Crippen LogP contribution < -0.4 is 15.5 Å². The average molecular weight is 473 g/mol. The molecule has 1 aliphatic heterocycles. The molecule has 26 heavy (non-hydrogen) atoms. The number of nitrogens with zero attached hydrogens (tertiary/aromatic N) is 3. The van der Waals surface area contributed by atoms with Gasteiger partial charge in [0.1, 0.15) is 17.8 Å². The number of aromatic nitrogens is 1. The Balaban J connectivity index is 0.00000243. The van der Waals surface area contributed by atoms with Crippen molar-refractivity contribution in [3.05, 3.63) is 47.6 Å². The molecule has 142 valence electrons. The zero-order valence-electron chi connectivity index (χ0n) is 15.0. The summed E-state index contributed by atoms with van der Waals surface area (Å²) >= 11 is 0. The van der Waals surface area contributed by atoms with E-state index in [1.54, 1.807) is 19.4 Å². The Hall–Kier alpha value is -1.84. The number of hydrogen-bond donors (Lipinski definition) is 2. The Labute approximate surface area is 170 Å². The third-order valence-corrected chi connectivity index (χ3v) is 4.41. The van der Waals surface area contributed by atoms with Crippen LogP contribution in [0.3, 0.4) is 0 Å². The van der Waals surface area contributed by atoms with Gasteiger partial charge in [-0.15, -0.1) is 24.0 Å². The lowest BCUT2D eigenvalue weighted by atomic mass is 10.0. The topological polar surface area (TPSA) is 65.7 Å². The Bertz CT molecular complexity index is 722. The molecule has 2 aromatic rings. The van der Waals surface area contributed by atoms with Crippen molar-refractivity contribution in [1.82, 2.24) is 15.8 Å². The first kappa shape index (κ1) is 20.5. The molecular formula is C18H25FIN5O. The van der Waals surface area contributed by atoms with Crippen LogP contribution in [0.15, 0.2) is 40.0 Å². The quantitative estimate of drug-likeness (QED) is 0.406. The lowest BCUT2D eigenvalue weighted by Gasteiger charge is -2.36. The van der Waals surface area contributed by atoms with E-state index in [0.717, 1.165) is 48.8 Å². The molecule has 1 saturated heterocycles. The van der Waals surface area contributed by atoms with Gasteiger partial charge >= 0.3 is 0 Å². The van der Waals surface area contributed by atoms with Crippen molar-refractivity contribution in [2.45, 2.75) is 32.4 Å². The number of benzene rings is 1. The van der Waals surface area contributed by atoms with Crippen molar-refractivity contribution in [3.63, 3.8) is 0 Å². The molecule has 1 fully saturated rings. The minimum absolute atomic E-state index is 0. The van der Waals surface area contributed by atoms with E-state index in [1.165, 1.54) is 6.07 Å². The van der Waals surface area contributed by atoms with E-state index in [9.17, 15) is 4.39 Å². The predicted octanol–water partition coefficient (Wildman–Crippen LogP) is 3.07. The Kier molecular flexibility index (Phi) is 7.67. The van der Waals surface area contributed by atoms with Gasteiger partial charge in [-0.05, 0) is 43.5 Å². The summed E-state index contributed by atoms with van der Waals surface area (Å²) in [5.74, 6) is 0.552. The van der Waals surface area contributed by atoms with Gasteiger partial charge < -0.3 is 20.1 Å². The SMILES string of the molecule is CN=C(NCc1ccon1)NC1CCCN(c2ccc(F)cc2C)C1.I. The van der Waals surface area contributed by atoms with E-state index >= 15 is 0 Å². The average Bonchev–Trinajstić information content (AvgIpc) is 3.12. The first-order valence-corrected chi connectivity index (χ1v) is 8.53. The second-order valence-electron chi connectivity index (χ2n) is 6.28. The fourth-order valence-corrected chi connectivity index (χ4v) is 3.18. The second kappa shape index (κ2) is 9.75. The van der Waals surface area contributed by atoms with Gasteiger partial charge in [0.25, 0.3) is 0 Å². The number of guanidine groups is 1. The van der Waals surface area contributed by atoms with Crippen LogP contribution in [0.5, 0.6) is 0 Å². The van der Waals surface area contributed by atoms with Crippen molar-refractivity contribution in [2.24, 2.45) is 4.99 Å². The fraction of sp³-hybridized carbons (Fsp3) is 0.444. The van der Waals surface area contributed by atoms with Crippen molar-refractivity contribution < 1.29 is 8.91 Å². The van der Waals surface area contributed by atoms with E-state index in [0.29, 0.717) is 6.54 Å². The molecule has 1 aromatic carbocycles. The third-order valence-electron chi connectivity index (χ3n) is 4.41. The molecule has 3 rings (SSSR count). The Morgan fingerprint density at radius 1 is 1.42 bits per heavy atom. The minimum Gasteiger partial charge on any atom is -0.369 e. The summed E-state index contributed by atoms with van der Waals surface area (Å²) in [6.07, 6.45) is 3.70. The van der Waals surface area contributed by atoms with Gasteiger partial charge in [0, 0.05) is 37.9 Å². The predicted molar refractivity (Wildman–Crippen MR) is 112 cm³/mol. The smallest absolute Gasteiger partial charge is 0.191 e. The molecule has 0 bridgehead atoms. The highest BCUT2D eigenvalue weighted by Crippen LogP contribution is 2.24. The van der Waals surface area contributed by atoms with Crippen LogP contribution in [0.1, 0.15) is 24.1 Å². The molecule has 8 heteroatoms. The van der Waals surface area contributed by atoms with Crippen molar-refractivity contribution >= 4 is 35.6 Å². The summed E-state index contributed by atoms with van der Waals surface area (Å²) in [4.78, 5) is 6.58. The van der Waals surface area contributed by atoms with Crippen molar-refractivity contribution in [1.29, 1.82) is 0 Å². The van der Waals surface area contributed by atoms with Crippen molar-refractivity contribution in [2.75, 3.05) is 25.0 Å². The largest absolute Gasteiger partial charge is 0.369 e. The molecule has 2 N–H and O–H groups in total. The zero-order chi connectivity index (χ0) is 17.6. The molecule has 1 aliphatic rings. The van der Waals surface area contributed by atoms with Gasteiger partial charge in [0.2, 0.25) is 0 Å². The number of piperidine rings is 1. The van der Waals surface area contributed by atoms with Crippen LogP contribution in [-0.2, 0) is 6.54 Å². The lowest BCUT2D eigenvalue weighted by Crippen LogP contribution is -2.51. The van der Waals surface area contributed by atoms with Gasteiger partial charge in [-0.3, -0.25) is 4.99 Å². The van der Waals surface area contributed by atoms with Crippen LogP contribution in [0.2, 0.25) is 0 Å². The third kappa shape index (κ3) is 5.33. The van der Waals surface area contributed by atoms with E-state index in [-0.39, 0.29) is 35.8 Å². The molecule has 0 amide bonds. The molecular weight excluding hydrogens is 448 g/mol. The highest BCUT2D eigenvalue weighted by atomic mass is 127. The highest BCUT2D eigenvalue weighted by molar-refractivity contribution is 14.0. The van der Waals surface area contributed by atoms with Gasteiger partial charge in [0.05, 0.1) is 6.54 Å². The molecule has 0 spiro atoms. The lowest BCUT2D eigenvalue weighted by molar-refractivity contribution is 0.410. The molecule has 2 heterocycles. The highest BCUT2D eigenvalue weighted by Gasteiger charge is 2.22. The number of hydrogen-bond acceptors (Lipinski definition) is 4. The first-order valence-electron chi connectivity index (χ1n) is 8.53. The standard InChI is InChI=1S/C18H24FN5O.HI/c1-13-10-14(19)5-6-17(13)24-8-3-4-16(12-24)22-18(20-2)21-11-15-7-9-25-23-15;/h5-7,9-10,16H,3-4,8,11-12H2,1-2H3,(H2,20,21,22);1H. The van der Waals surface area contributed by atoms with Crippen LogP contribution in [0, 0.1) is 12.7 Å². The van der Waals surface area contributed by atoms with E-state index < -0.39 is 0 Å². The summed E-state index contributed by atoms with van der Waals surface area (Å²) in [6.45, 7) is 4.35.